The van der Waals surface area contributed by atoms with E-state index in [1.165, 1.54) is 0 Å². The number of nitrogens with one attached hydrogen (secondary N) is 1. The van der Waals surface area contributed by atoms with Crippen LogP contribution in [0.5, 0.6) is 0 Å². The standard InChI is InChI=1S/C15H22N2O2/c1-17(2)10-9-14(12-19-3)15(18)16-11-13-7-5-4-6-8-13/h4-10,14H,11-12H2,1-3H3,(H,16,18)/b10-9+/t14-/m1/s1. The summed E-state index contributed by atoms with van der Waals surface area (Å²) in [4.78, 5) is 14.0. The van der Waals surface area contributed by atoms with E-state index in [4.69, 9.17) is 4.74 Å². The van der Waals surface area contributed by atoms with Crippen LogP contribution < -0.4 is 5.32 Å². The maximum Gasteiger partial charge on any atom is 0.229 e. The van der Waals surface area contributed by atoms with Crippen molar-refractivity contribution in [3.05, 3.63) is 48.2 Å². The second-order valence-corrected chi connectivity index (χ2v) is 4.57. The maximum absolute atomic E-state index is 12.1. The molecule has 1 N–H and O–H groups in total. The van der Waals surface area contributed by atoms with Crippen molar-refractivity contribution in [2.24, 2.45) is 5.92 Å². The molecule has 0 radical (unpaired) electrons. The molecule has 0 fully saturated rings. The molecule has 0 unspecified atom stereocenters. The molecular formula is C15H22N2O2. The van der Waals surface area contributed by atoms with Crippen LogP contribution in [0.1, 0.15) is 5.56 Å². The average Bonchev–Trinajstić information content (AvgIpc) is 2.41. The van der Waals surface area contributed by atoms with Gasteiger partial charge in [-0.2, -0.15) is 0 Å². The molecule has 1 rings (SSSR count). The zero-order chi connectivity index (χ0) is 14.1. The number of carbonyl (C=O) groups is 1. The van der Waals surface area contributed by atoms with Gasteiger partial charge in [-0.3, -0.25) is 4.79 Å². The van der Waals surface area contributed by atoms with Crippen molar-refractivity contribution in [3.63, 3.8) is 0 Å². The van der Waals surface area contributed by atoms with Crippen LogP contribution in [0.15, 0.2) is 42.6 Å². The lowest BCUT2D eigenvalue weighted by molar-refractivity contribution is -0.125. The topological polar surface area (TPSA) is 41.6 Å². The van der Waals surface area contributed by atoms with Gasteiger partial charge < -0.3 is 15.0 Å². The van der Waals surface area contributed by atoms with Gasteiger partial charge in [0.05, 0.1) is 12.5 Å². The minimum Gasteiger partial charge on any atom is -0.384 e. The molecule has 0 aromatic heterocycles. The molecular weight excluding hydrogens is 240 g/mol. The smallest absolute Gasteiger partial charge is 0.229 e. The molecule has 1 aromatic carbocycles. The van der Waals surface area contributed by atoms with Crippen molar-refractivity contribution in [1.29, 1.82) is 0 Å². The second kappa shape index (κ2) is 8.32. The predicted molar refractivity (Wildman–Crippen MR) is 76.5 cm³/mol. The van der Waals surface area contributed by atoms with Crippen LogP contribution in [0.2, 0.25) is 0 Å². The van der Waals surface area contributed by atoms with Crippen LogP contribution in [-0.2, 0) is 16.1 Å². The Kier molecular flexibility index (Phi) is 6.68. The van der Waals surface area contributed by atoms with E-state index in [-0.39, 0.29) is 11.8 Å². The Bertz CT molecular complexity index is 402. The zero-order valence-electron chi connectivity index (χ0n) is 11.8. The van der Waals surface area contributed by atoms with Gasteiger partial charge in [0.2, 0.25) is 5.91 Å². The van der Waals surface area contributed by atoms with E-state index in [2.05, 4.69) is 5.32 Å². The number of rotatable bonds is 7. The Hall–Kier alpha value is -1.81. The molecule has 1 amide bonds. The summed E-state index contributed by atoms with van der Waals surface area (Å²) in [6, 6.07) is 9.85. The number of ether oxygens (including phenoxy) is 1. The number of carbonyl (C=O) groups excluding carboxylic acids is 1. The molecule has 0 aliphatic rings. The van der Waals surface area contributed by atoms with Crippen LogP contribution >= 0.6 is 0 Å². The molecule has 0 saturated carbocycles. The van der Waals surface area contributed by atoms with Gasteiger partial charge in [-0.25, -0.2) is 0 Å². The zero-order valence-corrected chi connectivity index (χ0v) is 11.8. The summed E-state index contributed by atoms with van der Waals surface area (Å²) in [6.45, 7) is 0.917. The second-order valence-electron chi connectivity index (χ2n) is 4.57. The molecule has 4 heteroatoms. The van der Waals surface area contributed by atoms with E-state index in [0.717, 1.165) is 5.56 Å². The van der Waals surface area contributed by atoms with E-state index >= 15 is 0 Å². The highest BCUT2D eigenvalue weighted by Gasteiger charge is 2.14. The van der Waals surface area contributed by atoms with Gasteiger partial charge in [-0.1, -0.05) is 36.4 Å². The van der Waals surface area contributed by atoms with Gasteiger partial charge in [0.15, 0.2) is 0 Å². The number of methoxy groups -OCH3 is 1. The Morgan fingerprint density at radius 1 is 1.37 bits per heavy atom. The molecule has 0 heterocycles. The molecule has 0 saturated heterocycles. The van der Waals surface area contributed by atoms with Crippen LogP contribution in [0, 0.1) is 5.92 Å². The van der Waals surface area contributed by atoms with Gasteiger partial charge >= 0.3 is 0 Å². The normalized spacial score (nSPS) is 12.4. The molecule has 0 bridgehead atoms. The lowest BCUT2D eigenvalue weighted by atomic mass is 10.1. The van der Waals surface area contributed by atoms with Crippen LogP contribution in [0.25, 0.3) is 0 Å². The third-order valence-corrected chi connectivity index (χ3v) is 2.61. The molecule has 0 aliphatic carbocycles. The molecule has 1 aromatic rings. The Balaban J connectivity index is 2.52. The van der Waals surface area contributed by atoms with E-state index in [0.29, 0.717) is 13.2 Å². The summed E-state index contributed by atoms with van der Waals surface area (Å²) >= 11 is 0. The quantitative estimate of drug-likeness (QED) is 0.812. The monoisotopic (exact) mass is 262 g/mol. The maximum atomic E-state index is 12.1. The summed E-state index contributed by atoms with van der Waals surface area (Å²) in [6.07, 6.45) is 3.72. The fraction of sp³-hybridized carbons (Fsp3) is 0.400. The summed E-state index contributed by atoms with van der Waals surface area (Å²) in [5.41, 5.74) is 1.09. The molecule has 104 valence electrons. The predicted octanol–water partition coefficient (Wildman–Crippen LogP) is 1.64. The number of amides is 1. The van der Waals surface area contributed by atoms with Gasteiger partial charge in [0.1, 0.15) is 0 Å². The molecule has 4 nitrogen and oxygen atoms in total. The number of benzene rings is 1. The SMILES string of the molecule is COC[C@@H](/C=C/N(C)C)C(=O)NCc1ccccc1. The van der Waals surface area contributed by atoms with Gasteiger partial charge in [-0.15, -0.1) is 0 Å². The van der Waals surface area contributed by atoms with E-state index in [1.807, 2.05) is 61.6 Å². The molecule has 0 aliphatic heterocycles. The Labute approximate surface area is 115 Å². The van der Waals surface area contributed by atoms with Crippen LogP contribution in [-0.4, -0.2) is 38.6 Å². The van der Waals surface area contributed by atoms with Crippen LogP contribution in [0.4, 0.5) is 0 Å². The van der Waals surface area contributed by atoms with E-state index < -0.39 is 0 Å². The first-order valence-electron chi connectivity index (χ1n) is 6.29. The lowest BCUT2D eigenvalue weighted by Crippen LogP contribution is -2.32. The van der Waals surface area contributed by atoms with Gasteiger partial charge in [0, 0.05) is 27.7 Å². The van der Waals surface area contributed by atoms with Crippen molar-refractivity contribution in [2.75, 3.05) is 27.8 Å². The van der Waals surface area contributed by atoms with Crippen molar-refractivity contribution >= 4 is 5.91 Å². The first-order chi connectivity index (χ1) is 9.13. The number of hydrogen-bond acceptors (Lipinski definition) is 3. The van der Waals surface area contributed by atoms with Gasteiger partial charge in [0.25, 0.3) is 0 Å². The minimum atomic E-state index is -0.267. The average molecular weight is 262 g/mol. The fourth-order valence-electron chi connectivity index (χ4n) is 1.59. The molecule has 0 spiro atoms. The van der Waals surface area contributed by atoms with Crippen molar-refractivity contribution in [3.8, 4) is 0 Å². The van der Waals surface area contributed by atoms with E-state index in [9.17, 15) is 4.79 Å². The minimum absolute atomic E-state index is 0.0243. The molecule has 1 atom stereocenters. The number of nitrogens with zero attached hydrogens (tertiary/aromatic N) is 1. The van der Waals surface area contributed by atoms with Crippen molar-refractivity contribution < 1.29 is 9.53 Å². The fourth-order valence-corrected chi connectivity index (χ4v) is 1.59. The first-order valence-corrected chi connectivity index (χ1v) is 6.29. The summed E-state index contributed by atoms with van der Waals surface area (Å²) < 4.78 is 5.08. The van der Waals surface area contributed by atoms with Gasteiger partial charge in [-0.05, 0) is 11.8 Å². The highest BCUT2D eigenvalue weighted by atomic mass is 16.5. The van der Waals surface area contributed by atoms with Crippen molar-refractivity contribution in [2.45, 2.75) is 6.54 Å². The largest absolute Gasteiger partial charge is 0.384 e. The molecule has 19 heavy (non-hydrogen) atoms. The van der Waals surface area contributed by atoms with E-state index in [1.54, 1.807) is 7.11 Å². The summed E-state index contributed by atoms with van der Waals surface area (Å²) in [5.74, 6) is -0.292. The number of hydrogen-bond donors (Lipinski definition) is 1. The van der Waals surface area contributed by atoms with Crippen LogP contribution in [0.3, 0.4) is 0 Å². The summed E-state index contributed by atoms with van der Waals surface area (Å²) in [5, 5.41) is 2.92. The highest BCUT2D eigenvalue weighted by molar-refractivity contribution is 5.80. The summed E-state index contributed by atoms with van der Waals surface area (Å²) in [7, 11) is 5.44. The lowest BCUT2D eigenvalue weighted by Gasteiger charge is -2.13. The Morgan fingerprint density at radius 2 is 2.05 bits per heavy atom. The highest BCUT2D eigenvalue weighted by Crippen LogP contribution is 2.03. The third-order valence-electron chi connectivity index (χ3n) is 2.61. The van der Waals surface area contributed by atoms with Crippen molar-refractivity contribution in [1.82, 2.24) is 10.2 Å². The third kappa shape index (κ3) is 6.06. The Morgan fingerprint density at radius 3 is 2.63 bits per heavy atom. The first kappa shape index (κ1) is 15.2.